The van der Waals surface area contributed by atoms with Gasteiger partial charge in [0.1, 0.15) is 11.8 Å². The number of hydrogen-bond donors (Lipinski definition) is 1. The molecule has 6 rings (SSSR count). The third-order valence-electron chi connectivity index (χ3n) is 8.07. The van der Waals surface area contributed by atoms with Crippen molar-refractivity contribution in [2.24, 2.45) is 0 Å². The molecule has 2 fully saturated rings. The van der Waals surface area contributed by atoms with Gasteiger partial charge in [-0.25, -0.2) is 22.2 Å². The number of ether oxygens (including phenoxy) is 1. The molecule has 39 heavy (non-hydrogen) atoms. The maximum absolute atomic E-state index is 12.0. The minimum atomic E-state index is -3.20. The molecule has 0 radical (unpaired) electrons. The van der Waals surface area contributed by atoms with Crippen LogP contribution in [0, 0.1) is 0 Å². The van der Waals surface area contributed by atoms with Crippen LogP contribution in [0.3, 0.4) is 0 Å². The number of aromatic nitrogens is 5. The predicted molar refractivity (Wildman–Crippen MR) is 151 cm³/mol. The van der Waals surface area contributed by atoms with Crippen LogP contribution in [0.1, 0.15) is 31.7 Å². The van der Waals surface area contributed by atoms with Crippen molar-refractivity contribution < 1.29 is 13.2 Å². The lowest BCUT2D eigenvalue weighted by atomic mass is 10.0. The Morgan fingerprint density at radius 2 is 1.79 bits per heavy atom. The second kappa shape index (κ2) is 10.2. The number of hydrogen-bond acceptors (Lipinski definition) is 8. The number of nitrogen functional groups attached to an aromatic ring is 1. The highest BCUT2D eigenvalue weighted by atomic mass is 32.2. The van der Waals surface area contributed by atoms with Crippen LogP contribution in [0.4, 0.5) is 11.5 Å². The van der Waals surface area contributed by atoms with E-state index in [2.05, 4.69) is 55.1 Å². The average Bonchev–Trinajstić information content (AvgIpc) is 3.59. The number of fused-ring (bicyclic) bond motifs is 1. The molecule has 4 aromatic rings. The molecule has 0 amide bonds. The van der Waals surface area contributed by atoms with Gasteiger partial charge >= 0.3 is 0 Å². The molecule has 0 saturated carbocycles. The number of rotatable bonds is 6. The molecule has 0 aliphatic carbocycles. The monoisotopic (exact) mass is 550 g/mol. The van der Waals surface area contributed by atoms with Crippen LogP contribution < -0.4 is 10.6 Å². The topological polar surface area (TPSA) is 124 Å². The van der Waals surface area contributed by atoms with E-state index in [4.69, 9.17) is 10.5 Å². The van der Waals surface area contributed by atoms with Crippen molar-refractivity contribution in [3.8, 4) is 22.5 Å². The third kappa shape index (κ3) is 4.88. The molecule has 2 aliphatic rings. The summed E-state index contributed by atoms with van der Waals surface area (Å²) in [6.45, 7) is 3.03. The summed E-state index contributed by atoms with van der Waals surface area (Å²) in [5.74, 6) is 0.416. The van der Waals surface area contributed by atoms with E-state index >= 15 is 0 Å². The standard InChI is InChI=1S/C27H34N8O3S/c1-32(39(2,36)37)20-7-12-33(13-8-20)22-5-3-4-19(16-22)25-17-23(26-27(28)29-18-31-35(25)26)24-6-11-30-34(24)21-9-14-38-15-10-21/h3-6,11,16-18,20-21H,7-10,12-15H2,1-2H3,(H2,28,29,31). The predicted octanol–water partition coefficient (Wildman–Crippen LogP) is 3.05. The van der Waals surface area contributed by atoms with Crippen molar-refractivity contribution in [2.75, 3.05) is 50.2 Å². The second-order valence-electron chi connectivity index (χ2n) is 10.4. The highest BCUT2D eigenvalue weighted by Crippen LogP contribution is 2.37. The maximum Gasteiger partial charge on any atom is 0.211 e. The summed E-state index contributed by atoms with van der Waals surface area (Å²) >= 11 is 0. The average molecular weight is 551 g/mol. The molecule has 0 atom stereocenters. The largest absolute Gasteiger partial charge is 0.382 e. The van der Waals surface area contributed by atoms with Crippen molar-refractivity contribution in [2.45, 2.75) is 37.8 Å². The summed E-state index contributed by atoms with van der Waals surface area (Å²) in [7, 11) is -1.53. The first-order valence-electron chi connectivity index (χ1n) is 13.3. The Kier molecular flexibility index (Phi) is 6.77. The lowest BCUT2D eigenvalue weighted by Gasteiger charge is -2.37. The molecule has 5 heterocycles. The second-order valence-corrected chi connectivity index (χ2v) is 12.4. The molecule has 2 aliphatic heterocycles. The minimum Gasteiger partial charge on any atom is -0.382 e. The Hall–Kier alpha value is -3.48. The summed E-state index contributed by atoms with van der Waals surface area (Å²) in [5.41, 5.74) is 12.1. The van der Waals surface area contributed by atoms with Gasteiger partial charge in [-0.1, -0.05) is 12.1 Å². The molecule has 12 heteroatoms. The van der Waals surface area contributed by atoms with E-state index in [0.29, 0.717) is 5.82 Å². The van der Waals surface area contributed by atoms with Gasteiger partial charge in [0, 0.05) is 62.4 Å². The van der Waals surface area contributed by atoms with Gasteiger partial charge in [-0.3, -0.25) is 4.68 Å². The minimum absolute atomic E-state index is 0.0248. The van der Waals surface area contributed by atoms with Gasteiger partial charge in [0.2, 0.25) is 10.0 Å². The molecular weight excluding hydrogens is 516 g/mol. The van der Waals surface area contributed by atoms with Gasteiger partial charge in [0.05, 0.1) is 23.7 Å². The summed E-state index contributed by atoms with van der Waals surface area (Å²) in [6, 6.07) is 12.8. The Balaban J connectivity index is 1.34. The van der Waals surface area contributed by atoms with E-state index in [-0.39, 0.29) is 12.1 Å². The lowest BCUT2D eigenvalue weighted by molar-refractivity contribution is 0.0667. The molecule has 11 nitrogen and oxygen atoms in total. The zero-order chi connectivity index (χ0) is 27.1. The van der Waals surface area contributed by atoms with Crippen molar-refractivity contribution in [3.05, 3.63) is 48.9 Å². The first kappa shape index (κ1) is 25.8. The van der Waals surface area contributed by atoms with E-state index in [1.165, 1.54) is 16.9 Å². The lowest BCUT2D eigenvalue weighted by Crippen LogP contribution is -2.45. The van der Waals surface area contributed by atoms with Crippen LogP contribution in [0.15, 0.2) is 48.9 Å². The number of sulfonamides is 1. The molecule has 0 unspecified atom stereocenters. The highest BCUT2D eigenvalue weighted by Gasteiger charge is 2.28. The zero-order valence-corrected chi connectivity index (χ0v) is 23.1. The fraction of sp³-hybridized carbons (Fsp3) is 0.444. The van der Waals surface area contributed by atoms with Gasteiger partial charge in [-0.15, -0.1) is 0 Å². The fourth-order valence-electron chi connectivity index (χ4n) is 5.84. The van der Waals surface area contributed by atoms with Crippen molar-refractivity contribution >= 4 is 27.0 Å². The van der Waals surface area contributed by atoms with Gasteiger partial charge in [-0.2, -0.15) is 10.2 Å². The van der Waals surface area contributed by atoms with Crippen molar-refractivity contribution in [1.29, 1.82) is 0 Å². The molecule has 0 spiro atoms. The Labute approximate surface area is 228 Å². The first-order chi connectivity index (χ1) is 18.8. The number of nitrogens with two attached hydrogens (primary N) is 1. The SMILES string of the molecule is CN(C1CCN(c2cccc(-c3cc(-c4ccnn4C4CCOCC4)c4c(N)ncnn34)c2)CC1)S(C)(=O)=O. The van der Waals surface area contributed by atoms with Crippen LogP contribution in [-0.4, -0.2) is 82.8 Å². The summed E-state index contributed by atoms with van der Waals surface area (Å²) in [4.78, 5) is 6.61. The normalized spacial score (nSPS) is 17.9. The molecule has 2 saturated heterocycles. The molecule has 206 valence electrons. The van der Waals surface area contributed by atoms with E-state index in [1.807, 2.05) is 16.8 Å². The third-order valence-corrected chi connectivity index (χ3v) is 9.42. The molecular formula is C27H34N8O3S. The zero-order valence-electron chi connectivity index (χ0n) is 22.3. The number of nitrogens with zero attached hydrogens (tertiary/aromatic N) is 7. The van der Waals surface area contributed by atoms with Gasteiger partial charge in [0.15, 0.2) is 5.82 Å². The Bertz CT molecular complexity index is 1580. The van der Waals surface area contributed by atoms with Crippen LogP contribution >= 0.6 is 0 Å². The highest BCUT2D eigenvalue weighted by molar-refractivity contribution is 7.88. The van der Waals surface area contributed by atoms with Gasteiger partial charge in [0.25, 0.3) is 0 Å². The Morgan fingerprint density at radius 1 is 1.03 bits per heavy atom. The van der Waals surface area contributed by atoms with E-state index in [0.717, 1.165) is 85.7 Å². The van der Waals surface area contributed by atoms with Crippen molar-refractivity contribution in [3.63, 3.8) is 0 Å². The molecule has 3 aromatic heterocycles. The number of anilines is 2. The van der Waals surface area contributed by atoms with Crippen LogP contribution in [-0.2, 0) is 14.8 Å². The van der Waals surface area contributed by atoms with E-state index in [1.54, 1.807) is 7.05 Å². The molecule has 2 N–H and O–H groups in total. The van der Waals surface area contributed by atoms with Gasteiger partial charge < -0.3 is 15.4 Å². The number of benzene rings is 1. The van der Waals surface area contributed by atoms with Crippen LogP contribution in [0.5, 0.6) is 0 Å². The Morgan fingerprint density at radius 3 is 2.54 bits per heavy atom. The summed E-state index contributed by atoms with van der Waals surface area (Å²) in [5, 5.41) is 9.25. The maximum atomic E-state index is 12.0. The molecule has 1 aromatic carbocycles. The van der Waals surface area contributed by atoms with Crippen LogP contribution in [0.2, 0.25) is 0 Å². The quantitative estimate of drug-likeness (QED) is 0.389. The smallest absolute Gasteiger partial charge is 0.211 e. The molecule has 0 bridgehead atoms. The van der Waals surface area contributed by atoms with E-state index < -0.39 is 10.0 Å². The first-order valence-corrected chi connectivity index (χ1v) is 15.2. The number of piperidine rings is 1. The summed E-state index contributed by atoms with van der Waals surface area (Å²) < 4.78 is 35.0. The van der Waals surface area contributed by atoms with Crippen LogP contribution in [0.25, 0.3) is 28.0 Å². The fourth-order valence-corrected chi connectivity index (χ4v) is 6.59. The van der Waals surface area contributed by atoms with E-state index in [9.17, 15) is 8.42 Å². The van der Waals surface area contributed by atoms with Crippen molar-refractivity contribution in [1.82, 2.24) is 28.7 Å². The van der Waals surface area contributed by atoms with Gasteiger partial charge in [-0.05, 0) is 49.9 Å². The summed E-state index contributed by atoms with van der Waals surface area (Å²) in [6.07, 6.45) is 7.98.